The summed E-state index contributed by atoms with van der Waals surface area (Å²) < 4.78 is 5.06. The van der Waals surface area contributed by atoms with Gasteiger partial charge in [0.25, 0.3) is 0 Å². The van der Waals surface area contributed by atoms with Crippen LogP contribution < -0.4 is 0 Å². The molecule has 0 aromatic heterocycles. The summed E-state index contributed by atoms with van der Waals surface area (Å²) in [4.78, 5) is 12.2. The summed E-state index contributed by atoms with van der Waals surface area (Å²) in [6, 6.07) is 21.2. The lowest BCUT2D eigenvalue weighted by Crippen LogP contribution is -2.22. The molecule has 0 N–H and O–H groups in total. The van der Waals surface area contributed by atoms with Crippen molar-refractivity contribution in [2.45, 2.75) is 19.3 Å². The van der Waals surface area contributed by atoms with E-state index >= 15 is 0 Å². The third kappa shape index (κ3) is 2.47. The van der Waals surface area contributed by atoms with E-state index in [4.69, 9.17) is 4.74 Å². The van der Waals surface area contributed by atoms with Crippen LogP contribution in [0.2, 0.25) is 0 Å². The van der Waals surface area contributed by atoms with Crippen LogP contribution in [0.5, 0.6) is 0 Å². The van der Waals surface area contributed by atoms with Gasteiger partial charge in [0.1, 0.15) is 0 Å². The molecule has 2 aromatic carbocycles. The lowest BCUT2D eigenvalue weighted by molar-refractivity contribution is -0.147. The van der Waals surface area contributed by atoms with Crippen molar-refractivity contribution in [3.8, 4) is 0 Å². The van der Waals surface area contributed by atoms with Crippen molar-refractivity contribution in [3.63, 3.8) is 0 Å². The van der Waals surface area contributed by atoms with Crippen LogP contribution in [0.15, 0.2) is 66.2 Å². The minimum atomic E-state index is -0.0415. The van der Waals surface area contributed by atoms with Crippen LogP contribution in [-0.2, 0) is 9.53 Å². The number of fused-ring (bicyclic) bond motifs is 2. The Morgan fingerprint density at radius 3 is 2.04 bits per heavy atom. The Bertz CT molecular complexity index is 720. The molecule has 3 atom stereocenters. The second kappa shape index (κ2) is 6.27. The molecule has 0 heterocycles. The zero-order chi connectivity index (χ0) is 16.5. The fourth-order valence-electron chi connectivity index (χ4n) is 4.64. The van der Waals surface area contributed by atoms with E-state index in [0.717, 1.165) is 12.8 Å². The van der Waals surface area contributed by atoms with Gasteiger partial charge in [0.05, 0.1) is 13.0 Å². The van der Waals surface area contributed by atoms with Gasteiger partial charge in [-0.15, -0.1) is 0 Å². The van der Waals surface area contributed by atoms with Gasteiger partial charge in [0, 0.05) is 0 Å². The van der Waals surface area contributed by atoms with E-state index in [9.17, 15) is 4.79 Å². The molecular formula is C22H22O2. The summed E-state index contributed by atoms with van der Waals surface area (Å²) in [7, 11) is 1.51. The number of esters is 1. The number of carbonyl (C=O) groups excluding carboxylic acids is 1. The largest absolute Gasteiger partial charge is 0.469 e. The molecule has 2 aliphatic carbocycles. The highest BCUT2D eigenvalue weighted by Gasteiger charge is 2.48. The maximum atomic E-state index is 12.2. The van der Waals surface area contributed by atoms with Crippen LogP contribution in [0.4, 0.5) is 0 Å². The lowest BCUT2D eigenvalue weighted by atomic mass is 9.86. The first-order valence-electron chi connectivity index (χ1n) is 8.72. The Morgan fingerprint density at radius 2 is 1.50 bits per heavy atom. The molecule has 0 amide bonds. The molecule has 2 bridgehead atoms. The molecule has 0 saturated heterocycles. The summed E-state index contributed by atoms with van der Waals surface area (Å²) in [5, 5.41) is 0. The monoisotopic (exact) mass is 318 g/mol. The topological polar surface area (TPSA) is 26.3 Å². The summed E-state index contributed by atoms with van der Waals surface area (Å²) in [5.74, 6) is 0.832. The molecule has 0 spiro atoms. The number of hydrogen-bond acceptors (Lipinski definition) is 2. The van der Waals surface area contributed by atoms with E-state index in [2.05, 4.69) is 60.7 Å². The van der Waals surface area contributed by atoms with Gasteiger partial charge in [0.2, 0.25) is 0 Å². The minimum absolute atomic E-state index is 0.0335. The van der Waals surface area contributed by atoms with Crippen LogP contribution in [0.1, 0.15) is 30.4 Å². The standard InChI is InChI=1S/C22H22O2/c1-24-22(23)19-14-17-12-13-18(19)21(17)20(15-8-4-2-5-9-15)16-10-6-3-7-11-16/h2-11,17-19H,12-14H2,1H3/t17-,18+,19-/m0/s1. The molecule has 4 rings (SSSR count). The molecule has 2 heteroatoms. The number of hydrogen-bond donors (Lipinski definition) is 0. The predicted octanol–water partition coefficient (Wildman–Crippen LogP) is 4.71. The zero-order valence-corrected chi connectivity index (χ0v) is 13.9. The van der Waals surface area contributed by atoms with Gasteiger partial charge in [-0.25, -0.2) is 0 Å². The second-order valence-electron chi connectivity index (χ2n) is 6.81. The lowest BCUT2D eigenvalue weighted by Gasteiger charge is -2.19. The SMILES string of the molecule is COC(=O)[C@H]1C[C@@H]2CC[C@H]1C2=C(c1ccccc1)c1ccccc1. The third-order valence-corrected chi connectivity index (χ3v) is 5.61. The van der Waals surface area contributed by atoms with E-state index in [1.807, 2.05) is 0 Å². The average molecular weight is 318 g/mol. The van der Waals surface area contributed by atoms with Crippen molar-refractivity contribution < 1.29 is 9.53 Å². The van der Waals surface area contributed by atoms with Crippen molar-refractivity contribution in [1.82, 2.24) is 0 Å². The van der Waals surface area contributed by atoms with Crippen LogP contribution in [0.3, 0.4) is 0 Å². The van der Waals surface area contributed by atoms with Crippen molar-refractivity contribution in [1.29, 1.82) is 0 Å². The highest BCUT2D eigenvalue weighted by atomic mass is 16.5. The summed E-state index contributed by atoms with van der Waals surface area (Å²) in [6.45, 7) is 0. The van der Waals surface area contributed by atoms with Crippen LogP contribution in [0, 0.1) is 17.8 Å². The molecule has 24 heavy (non-hydrogen) atoms. The predicted molar refractivity (Wildman–Crippen MR) is 95.2 cm³/mol. The van der Waals surface area contributed by atoms with E-state index in [-0.39, 0.29) is 11.9 Å². The van der Waals surface area contributed by atoms with Gasteiger partial charge in [0.15, 0.2) is 0 Å². The smallest absolute Gasteiger partial charge is 0.309 e. The number of carbonyl (C=O) groups is 1. The summed E-state index contributed by atoms with van der Waals surface area (Å²) in [5.41, 5.74) is 5.31. The number of rotatable bonds is 3. The first kappa shape index (κ1) is 15.2. The van der Waals surface area contributed by atoms with E-state index < -0.39 is 0 Å². The maximum Gasteiger partial charge on any atom is 0.309 e. The van der Waals surface area contributed by atoms with E-state index in [1.54, 1.807) is 0 Å². The molecule has 2 aliphatic rings. The van der Waals surface area contributed by atoms with Crippen molar-refractivity contribution >= 4 is 11.5 Å². The molecule has 122 valence electrons. The van der Waals surface area contributed by atoms with Gasteiger partial charge in [-0.1, -0.05) is 66.2 Å². The average Bonchev–Trinajstić information content (AvgIpc) is 3.21. The Balaban J connectivity index is 1.88. The van der Waals surface area contributed by atoms with Crippen LogP contribution in [-0.4, -0.2) is 13.1 Å². The number of benzene rings is 2. The molecule has 0 aliphatic heterocycles. The molecule has 0 unspecified atom stereocenters. The van der Waals surface area contributed by atoms with E-state index in [0.29, 0.717) is 11.8 Å². The first-order chi connectivity index (χ1) is 11.8. The van der Waals surface area contributed by atoms with Crippen molar-refractivity contribution in [2.24, 2.45) is 17.8 Å². The van der Waals surface area contributed by atoms with Gasteiger partial charge in [-0.2, -0.15) is 0 Å². The summed E-state index contributed by atoms with van der Waals surface area (Å²) >= 11 is 0. The number of ether oxygens (including phenoxy) is 1. The minimum Gasteiger partial charge on any atom is -0.469 e. The van der Waals surface area contributed by atoms with E-state index in [1.165, 1.54) is 35.8 Å². The van der Waals surface area contributed by atoms with Gasteiger partial charge >= 0.3 is 5.97 Å². The Kier molecular flexibility index (Phi) is 3.97. The Hall–Kier alpha value is -2.35. The molecule has 0 radical (unpaired) electrons. The molecule has 2 aromatic rings. The van der Waals surface area contributed by atoms with Gasteiger partial charge in [-0.05, 0) is 47.8 Å². The Labute approximate surface area is 143 Å². The number of allylic oxidation sites excluding steroid dienone is 1. The summed E-state index contributed by atoms with van der Waals surface area (Å²) in [6.07, 6.45) is 3.23. The van der Waals surface area contributed by atoms with Crippen molar-refractivity contribution in [2.75, 3.05) is 7.11 Å². The second-order valence-corrected chi connectivity index (χ2v) is 6.81. The molecule has 2 saturated carbocycles. The molecule has 2 nitrogen and oxygen atoms in total. The fraction of sp³-hybridized carbons (Fsp3) is 0.318. The normalized spacial score (nSPS) is 24.9. The van der Waals surface area contributed by atoms with Crippen LogP contribution >= 0.6 is 0 Å². The van der Waals surface area contributed by atoms with Crippen LogP contribution in [0.25, 0.3) is 5.57 Å². The fourth-order valence-corrected chi connectivity index (χ4v) is 4.64. The third-order valence-electron chi connectivity index (χ3n) is 5.61. The number of methoxy groups -OCH3 is 1. The Morgan fingerprint density at radius 1 is 0.917 bits per heavy atom. The van der Waals surface area contributed by atoms with Crippen molar-refractivity contribution in [3.05, 3.63) is 77.4 Å². The maximum absolute atomic E-state index is 12.2. The molecular weight excluding hydrogens is 296 g/mol. The highest BCUT2D eigenvalue weighted by Crippen LogP contribution is 2.56. The molecule has 2 fully saturated rings. The van der Waals surface area contributed by atoms with Gasteiger partial charge < -0.3 is 4.74 Å². The zero-order valence-electron chi connectivity index (χ0n) is 13.9. The van der Waals surface area contributed by atoms with Gasteiger partial charge in [-0.3, -0.25) is 4.79 Å². The first-order valence-corrected chi connectivity index (χ1v) is 8.72. The highest BCUT2D eigenvalue weighted by molar-refractivity contribution is 5.85. The quantitative estimate of drug-likeness (QED) is 0.766.